The van der Waals surface area contributed by atoms with Crippen molar-refractivity contribution in [2.45, 2.75) is 13.3 Å². The average molecular weight is 353 g/mol. The first-order valence-electron chi connectivity index (χ1n) is 8.24. The van der Waals surface area contributed by atoms with Crippen LogP contribution in [0.4, 0.5) is 5.69 Å². The van der Waals surface area contributed by atoms with Crippen molar-refractivity contribution >= 4 is 28.9 Å². The summed E-state index contributed by atoms with van der Waals surface area (Å²) in [4.78, 5) is 23.3. The second-order valence-corrected chi connectivity index (χ2v) is 5.59. The highest BCUT2D eigenvalue weighted by Gasteiger charge is 2.14. The average Bonchev–Trinajstić information content (AvgIpc) is 2.96. The summed E-state index contributed by atoms with van der Waals surface area (Å²) in [6, 6.07) is 9.05. The lowest BCUT2D eigenvalue weighted by Gasteiger charge is -2.03. The Morgan fingerprint density at radius 3 is 2.96 bits per heavy atom. The van der Waals surface area contributed by atoms with Gasteiger partial charge in [-0.15, -0.1) is 0 Å². The molecule has 7 nitrogen and oxygen atoms in total. The molecular weight excluding hydrogens is 334 g/mol. The van der Waals surface area contributed by atoms with Gasteiger partial charge in [-0.25, -0.2) is 9.78 Å². The minimum absolute atomic E-state index is 0.0255. The van der Waals surface area contributed by atoms with Crippen LogP contribution in [0, 0.1) is 0 Å². The number of hydrogen-bond acceptors (Lipinski definition) is 6. The fraction of sp³-hybridized carbons (Fsp3) is 0.211. The molecule has 0 aliphatic heterocycles. The van der Waals surface area contributed by atoms with Crippen molar-refractivity contribution < 1.29 is 19.7 Å². The van der Waals surface area contributed by atoms with Crippen LogP contribution >= 0.6 is 0 Å². The Morgan fingerprint density at radius 1 is 1.38 bits per heavy atom. The summed E-state index contributed by atoms with van der Waals surface area (Å²) in [7, 11) is 0. The number of carbonyl (C=O) groups is 1. The fourth-order valence-corrected chi connectivity index (χ4v) is 2.64. The Labute approximate surface area is 150 Å². The highest BCUT2D eigenvalue weighted by molar-refractivity contribution is 6.04. The number of hydrogen-bond donors (Lipinski definition) is 3. The lowest BCUT2D eigenvalue weighted by atomic mass is 10.1. The highest BCUT2D eigenvalue weighted by atomic mass is 16.5. The summed E-state index contributed by atoms with van der Waals surface area (Å²) in [6.45, 7) is 2.02. The van der Waals surface area contributed by atoms with Gasteiger partial charge in [0, 0.05) is 24.4 Å². The zero-order valence-electron chi connectivity index (χ0n) is 14.3. The van der Waals surface area contributed by atoms with Gasteiger partial charge >= 0.3 is 5.97 Å². The van der Waals surface area contributed by atoms with Crippen LogP contribution in [0.15, 0.2) is 41.5 Å². The number of nitrogens with zero attached hydrogens (tertiary/aromatic N) is 2. The van der Waals surface area contributed by atoms with Crippen molar-refractivity contribution in [3.63, 3.8) is 0 Å². The first-order valence-corrected chi connectivity index (χ1v) is 8.24. The van der Waals surface area contributed by atoms with Gasteiger partial charge in [0.25, 0.3) is 0 Å². The van der Waals surface area contributed by atoms with Gasteiger partial charge in [-0.3, -0.25) is 4.99 Å². The molecule has 0 fully saturated rings. The fourth-order valence-electron chi connectivity index (χ4n) is 2.64. The smallest absolute Gasteiger partial charge is 0.339 e. The van der Waals surface area contributed by atoms with Crippen LogP contribution < -0.4 is 0 Å². The number of benzene rings is 1. The van der Waals surface area contributed by atoms with Crippen LogP contribution in [-0.4, -0.2) is 45.6 Å². The molecule has 0 saturated heterocycles. The van der Waals surface area contributed by atoms with Gasteiger partial charge in [-0.1, -0.05) is 18.2 Å². The number of pyridine rings is 1. The Hall–Kier alpha value is -3.19. The SMILES string of the molecule is CCOC(=O)c1cnc2[nH]c(O)c(C=Nc3ccccc3CCO)c2c1. The first-order chi connectivity index (χ1) is 12.6. The number of H-pyrrole nitrogens is 1. The third kappa shape index (κ3) is 3.57. The van der Waals surface area contributed by atoms with E-state index in [1.165, 1.54) is 12.4 Å². The number of ether oxygens (including phenoxy) is 1. The third-order valence-electron chi connectivity index (χ3n) is 3.89. The van der Waals surface area contributed by atoms with Crippen LogP contribution in [-0.2, 0) is 11.2 Å². The molecule has 2 aromatic heterocycles. The van der Waals surface area contributed by atoms with Gasteiger partial charge in [-0.05, 0) is 31.0 Å². The van der Waals surface area contributed by atoms with Crippen molar-refractivity contribution in [1.82, 2.24) is 9.97 Å². The number of aromatic amines is 1. The summed E-state index contributed by atoms with van der Waals surface area (Å²) in [6.07, 6.45) is 3.40. The van der Waals surface area contributed by atoms with Gasteiger partial charge in [-0.2, -0.15) is 0 Å². The number of nitrogens with one attached hydrogen (secondary N) is 1. The molecule has 2 heterocycles. The van der Waals surface area contributed by atoms with Gasteiger partial charge < -0.3 is 19.9 Å². The van der Waals surface area contributed by atoms with Crippen molar-refractivity contribution in [2.75, 3.05) is 13.2 Å². The standard InChI is InChI=1S/C19H19N3O4/c1-2-26-19(25)13-9-14-15(18(24)22-17(14)21-10-13)11-20-16-6-4-3-5-12(16)7-8-23/h3-6,9-11,23-24H,2,7-8H2,1H3,(H,21,22). The molecule has 3 rings (SSSR count). The quantitative estimate of drug-likeness (QED) is 0.466. The van der Waals surface area contributed by atoms with Gasteiger partial charge in [0.1, 0.15) is 5.65 Å². The summed E-state index contributed by atoms with van der Waals surface area (Å²) in [5.41, 5.74) is 2.77. The van der Waals surface area contributed by atoms with E-state index in [0.29, 0.717) is 34.3 Å². The van der Waals surface area contributed by atoms with Gasteiger partial charge in [0.15, 0.2) is 5.88 Å². The molecule has 0 bridgehead atoms. The largest absolute Gasteiger partial charge is 0.494 e. The topological polar surface area (TPSA) is 108 Å². The van der Waals surface area contributed by atoms with Crippen molar-refractivity contribution in [3.05, 3.63) is 53.2 Å². The Bertz CT molecular complexity index is 963. The second-order valence-electron chi connectivity index (χ2n) is 5.59. The Morgan fingerprint density at radius 2 is 2.19 bits per heavy atom. The number of rotatable bonds is 6. The van der Waals surface area contributed by atoms with E-state index >= 15 is 0 Å². The number of aliphatic imine (C=N–C) groups is 1. The van der Waals surface area contributed by atoms with E-state index in [-0.39, 0.29) is 19.1 Å². The number of esters is 1. The maximum absolute atomic E-state index is 11.9. The van der Waals surface area contributed by atoms with Crippen molar-refractivity contribution in [2.24, 2.45) is 4.99 Å². The number of fused-ring (bicyclic) bond motifs is 1. The predicted octanol–water partition coefficient (Wildman–Crippen LogP) is 2.73. The summed E-state index contributed by atoms with van der Waals surface area (Å²) >= 11 is 0. The van der Waals surface area contributed by atoms with Gasteiger partial charge in [0.2, 0.25) is 0 Å². The Kier molecular flexibility index (Phi) is 5.28. The molecule has 0 aliphatic carbocycles. The molecule has 0 spiro atoms. The normalized spacial score (nSPS) is 11.3. The molecule has 0 saturated carbocycles. The van der Waals surface area contributed by atoms with E-state index in [1.807, 2.05) is 24.3 Å². The maximum atomic E-state index is 11.9. The molecule has 1 aromatic carbocycles. The summed E-state index contributed by atoms with van der Waals surface area (Å²) in [5.74, 6) is -0.560. The molecule has 3 aromatic rings. The molecule has 0 aliphatic rings. The molecule has 0 atom stereocenters. The lowest BCUT2D eigenvalue weighted by Crippen LogP contribution is -2.04. The number of aliphatic hydroxyl groups excluding tert-OH is 1. The minimum Gasteiger partial charge on any atom is -0.494 e. The van der Waals surface area contributed by atoms with Crippen LogP contribution in [0.1, 0.15) is 28.4 Å². The summed E-state index contributed by atoms with van der Waals surface area (Å²) < 4.78 is 4.99. The van der Waals surface area contributed by atoms with E-state index in [4.69, 9.17) is 9.84 Å². The molecule has 3 N–H and O–H groups in total. The summed E-state index contributed by atoms with van der Waals surface area (Å²) in [5, 5.41) is 19.9. The number of aromatic hydroxyl groups is 1. The minimum atomic E-state index is -0.473. The second kappa shape index (κ2) is 7.79. The van der Waals surface area contributed by atoms with Gasteiger partial charge in [0.05, 0.1) is 23.4 Å². The lowest BCUT2D eigenvalue weighted by molar-refractivity contribution is 0.0526. The third-order valence-corrected chi connectivity index (χ3v) is 3.89. The zero-order valence-corrected chi connectivity index (χ0v) is 14.3. The van der Waals surface area contributed by atoms with Crippen LogP contribution in [0.5, 0.6) is 5.88 Å². The van der Waals surface area contributed by atoms with Crippen molar-refractivity contribution in [1.29, 1.82) is 0 Å². The Balaban J connectivity index is 2.00. The highest BCUT2D eigenvalue weighted by Crippen LogP contribution is 2.27. The van der Waals surface area contributed by atoms with Crippen molar-refractivity contribution in [3.8, 4) is 5.88 Å². The predicted molar refractivity (Wildman–Crippen MR) is 98.2 cm³/mol. The molecule has 0 amide bonds. The molecule has 26 heavy (non-hydrogen) atoms. The molecule has 7 heteroatoms. The zero-order chi connectivity index (χ0) is 18.5. The number of para-hydroxylation sites is 1. The van der Waals surface area contributed by atoms with E-state index in [9.17, 15) is 9.90 Å². The molecular formula is C19H19N3O4. The van der Waals surface area contributed by atoms with E-state index in [0.717, 1.165) is 5.56 Å². The first kappa shape index (κ1) is 17.6. The van der Waals surface area contributed by atoms with E-state index < -0.39 is 5.97 Å². The molecule has 0 radical (unpaired) electrons. The number of aliphatic hydroxyl groups is 1. The number of aromatic nitrogens is 2. The van der Waals surface area contributed by atoms with Crippen LogP contribution in [0.2, 0.25) is 0 Å². The van der Waals surface area contributed by atoms with E-state index in [1.54, 1.807) is 13.0 Å². The monoisotopic (exact) mass is 353 g/mol. The number of carbonyl (C=O) groups excluding carboxylic acids is 1. The van der Waals surface area contributed by atoms with E-state index in [2.05, 4.69) is 15.0 Å². The van der Waals surface area contributed by atoms with Crippen LogP contribution in [0.25, 0.3) is 11.0 Å². The van der Waals surface area contributed by atoms with Crippen LogP contribution in [0.3, 0.4) is 0 Å². The molecule has 134 valence electrons. The maximum Gasteiger partial charge on any atom is 0.339 e. The molecule has 0 unspecified atom stereocenters.